The van der Waals surface area contributed by atoms with Crippen molar-refractivity contribution in [3.8, 4) is 5.69 Å². The second kappa shape index (κ2) is 10.0. The van der Waals surface area contributed by atoms with Crippen LogP contribution in [0.25, 0.3) is 11.3 Å². The van der Waals surface area contributed by atoms with Crippen molar-refractivity contribution in [3.05, 3.63) is 87.7 Å². The lowest BCUT2D eigenvalue weighted by Gasteiger charge is -2.36. The summed E-state index contributed by atoms with van der Waals surface area (Å²) in [6, 6.07) is 13.6. The molecule has 1 aliphatic heterocycles. The third kappa shape index (κ3) is 5.02. The van der Waals surface area contributed by atoms with Crippen molar-refractivity contribution >= 4 is 23.0 Å². The van der Waals surface area contributed by atoms with E-state index in [1.54, 1.807) is 28.3 Å². The molecule has 0 aliphatic carbocycles. The summed E-state index contributed by atoms with van der Waals surface area (Å²) in [5, 5.41) is 8.34. The number of carbonyl (C=O) groups is 2. The van der Waals surface area contributed by atoms with Crippen molar-refractivity contribution in [2.24, 2.45) is 0 Å². The molecule has 2 aromatic heterocycles. The lowest BCUT2D eigenvalue weighted by Crippen LogP contribution is -2.48. The van der Waals surface area contributed by atoms with Crippen LogP contribution in [0.5, 0.6) is 0 Å². The summed E-state index contributed by atoms with van der Waals surface area (Å²) in [4.78, 5) is 41.6. The van der Waals surface area contributed by atoms with E-state index in [0.717, 1.165) is 35.6 Å². The van der Waals surface area contributed by atoms with Gasteiger partial charge in [0.05, 0.1) is 0 Å². The zero-order valence-corrected chi connectivity index (χ0v) is 21.3. The van der Waals surface area contributed by atoms with Gasteiger partial charge in [0.2, 0.25) is 11.6 Å². The second-order valence-electron chi connectivity index (χ2n) is 9.60. The number of Topliss-reactive ketones (excluding diaryl/α,β-unsaturated/α-hetero) is 1. The zero-order chi connectivity index (χ0) is 26.1. The van der Waals surface area contributed by atoms with Crippen LogP contribution < -0.4 is 10.5 Å². The Kier molecular flexibility index (Phi) is 6.60. The quantitative estimate of drug-likeness (QED) is 0.380. The molecule has 0 unspecified atom stereocenters. The number of piperazine rings is 1. The number of fused-ring (bicyclic) bond motifs is 1. The molecule has 2 aromatic carbocycles. The zero-order valence-electron chi connectivity index (χ0n) is 21.3. The van der Waals surface area contributed by atoms with Crippen LogP contribution in [-0.2, 0) is 11.2 Å². The molecule has 0 atom stereocenters. The van der Waals surface area contributed by atoms with Gasteiger partial charge in [-0.05, 0) is 68.3 Å². The number of rotatable bonds is 6. The molecule has 1 amide bonds. The van der Waals surface area contributed by atoms with Crippen LogP contribution >= 0.6 is 0 Å². The van der Waals surface area contributed by atoms with E-state index < -0.39 is 0 Å². The van der Waals surface area contributed by atoms with Crippen molar-refractivity contribution in [2.75, 3.05) is 31.1 Å². The maximum absolute atomic E-state index is 13.1. The number of benzene rings is 2. The van der Waals surface area contributed by atoms with Crippen LogP contribution in [0.15, 0.2) is 59.7 Å². The maximum atomic E-state index is 13.1. The Balaban J connectivity index is 1.22. The normalized spacial score (nSPS) is 13.8. The Morgan fingerprint density at radius 3 is 2.19 bits per heavy atom. The van der Waals surface area contributed by atoms with Crippen LogP contribution in [0, 0.1) is 13.8 Å². The van der Waals surface area contributed by atoms with Crippen molar-refractivity contribution in [3.63, 3.8) is 0 Å². The molecule has 0 N–H and O–H groups in total. The van der Waals surface area contributed by atoms with Gasteiger partial charge in [0.1, 0.15) is 5.82 Å². The van der Waals surface area contributed by atoms with Gasteiger partial charge in [-0.25, -0.2) is 0 Å². The lowest BCUT2D eigenvalue weighted by molar-refractivity contribution is -0.131. The summed E-state index contributed by atoms with van der Waals surface area (Å²) < 4.78 is 3.25. The van der Waals surface area contributed by atoms with Gasteiger partial charge in [-0.15, -0.1) is 10.2 Å². The minimum Gasteiger partial charge on any atom is -0.368 e. The fraction of sp³-hybridized carbons (Fsp3) is 0.321. The van der Waals surface area contributed by atoms with E-state index in [1.807, 2.05) is 55.1 Å². The molecule has 1 aliphatic rings. The molecule has 1 saturated heterocycles. The minimum absolute atomic E-state index is 0.0504. The lowest BCUT2D eigenvalue weighted by atomic mass is 10.1. The van der Waals surface area contributed by atoms with E-state index in [2.05, 4.69) is 21.2 Å². The van der Waals surface area contributed by atoms with Gasteiger partial charge in [0, 0.05) is 68.4 Å². The van der Waals surface area contributed by atoms with Gasteiger partial charge in [0.15, 0.2) is 5.78 Å². The first-order chi connectivity index (χ1) is 17.8. The summed E-state index contributed by atoms with van der Waals surface area (Å²) in [5.74, 6) is 0.707. The van der Waals surface area contributed by atoms with Crippen LogP contribution in [0.4, 0.5) is 5.69 Å². The average Bonchev–Trinajstić information content (AvgIpc) is 3.31. The van der Waals surface area contributed by atoms with E-state index in [-0.39, 0.29) is 22.9 Å². The Morgan fingerprint density at radius 2 is 1.54 bits per heavy atom. The molecule has 0 saturated carbocycles. The Hall–Kier alpha value is -4.27. The highest BCUT2D eigenvalue weighted by atomic mass is 16.2. The monoisotopic (exact) mass is 498 g/mol. The van der Waals surface area contributed by atoms with Gasteiger partial charge in [-0.1, -0.05) is 6.07 Å². The average molecular weight is 499 g/mol. The van der Waals surface area contributed by atoms with Crippen LogP contribution in [0.2, 0.25) is 0 Å². The van der Waals surface area contributed by atoms with Crippen LogP contribution in [-0.4, -0.2) is 61.9 Å². The fourth-order valence-corrected chi connectivity index (χ4v) is 4.90. The summed E-state index contributed by atoms with van der Waals surface area (Å²) in [6.45, 7) is 8.29. The van der Waals surface area contributed by atoms with Crippen molar-refractivity contribution in [1.29, 1.82) is 0 Å². The van der Waals surface area contributed by atoms with Crippen LogP contribution in [0.1, 0.15) is 40.7 Å². The van der Waals surface area contributed by atoms with Gasteiger partial charge in [0.25, 0.3) is 0 Å². The molecule has 4 aromatic rings. The number of ketones is 1. The molecular weight excluding hydrogens is 468 g/mol. The number of hydrogen-bond donors (Lipinski definition) is 0. The number of nitrogens with zero attached hydrogens (tertiary/aromatic N) is 6. The predicted molar refractivity (Wildman–Crippen MR) is 142 cm³/mol. The highest BCUT2D eigenvalue weighted by molar-refractivity contribution is 5.94. The first kappa shape index (κ1) is 24.4. The third-order valence-electron chi connectivity index (χ3n) is 6.86. The summed E-state index contributed by atoms with van der Waals surface area (Å²) in [6.07, 6.45) is 4.21. The van der Waals surface area contributed by atoms with E-state index in [0.29, 0.717) is 37.3 Å². The van der Waals surface area contributed by atoms with Gasteiger partial charge in [-0.3, -0.25) is 23.4 Å². The molecule has 1 fully saturated rings. The number of hydrogen-bond acceptors (Lipinski definition) is 6. The van der Waals surface area contributed by atoms with Crippen molar-refractivity contribution in [2.45, 2.75) is 33.6 Å². The summed E-state index contributed by atoms with van der Waals surface area (Å²) in [7, 11) is 0. The molecular formula is C28H30N6O3. The predicted octanol–water partition coefficient (Wildman–Crippen LogP) is 2.98. The first-order valence-electron chi connectivity index (χ1n) is 12.5. The first-order valence-corrected chi connectivity index (χ1v) is 12.5. The molecule has 9 nitrogen and oxygen atoms in total. The second-order valence-corrected chi connectivity index (χ2v) is 9.60. The molecule has 0 spiro atoms. The molecule has 9 heteroatoms. The largest absolute Gasteiger partial charge is 0.368 e. The van der Waals surface area contributed by atoms with E-state index in [9.17, 15) is 14.4 Å². The standard InChI is InChI=1S/C28H30N6O3/c1-19-16-20(2)18-24(17-19)33-14-15-34-25(29-30-27(34)28(33)37)8-9-26(36)32-12-10-31(11-13-32)23-6-4-22(5-7-23)21(3)35/h4-7,14-18H,8-13H2,1-3H3. The highest BCUT2D eigenvalue weighted by Crippen LogP contribution is 2.18. The third-order valence-corrected chi connectivity index (χ3v) is 6.86. The topological polar surface area (TPSA) is 92.8 Å². The Bertz CT molecular complexity index is 1510. The Morgan fingerprint density at radius 1 is 0.865 bits per heavy atom. The fourth-order valence-electron chi connectivity index (χ4n) is 4.90. The maximum Gasteiger partial charge on any atom is 0.300 e. The molecule has 37 heavy (non-hydrogen) atoms. The summed E-state index contributed by atoms with van der Waals surface area (Å²) in [5.41, 5.74) is 4.70. The van der Waals surface area contributed by atoms with E-state index in [1.165, 1.54) is 0 Å². The number of aryl methyl sites for hydroxylation is 3. The number of aromatic nitrogens is 4. The minimum atomic E-state index is -0.245. The number of carbonyl (C=O) groups excluding carboxylic acids is 2. The smallest absolute Gasteiger partial charge is 0.300 e. The van der Waals surface area contributed by atoms with Gasteiger partial charge >= 0.3 is 5.56 Å². The van der Waals surface area contributed by atoms with E-state index in [4.69, 9.17) is 0 Å². The van der Waals surface area contributed by atoms with E-state index >= 15 is 0 Å². The van der Waals surface area contributed by atoms with Gasteiger partial charge in [-0.2, -0.15) is 0 Å². The SMILES string of the molecule is CC(=O)c1ccc(N2CCN(C(=O)CCc3nnc4c(=O)n(-c5cc(C)cc(C)c5)ccn34)CC2)cc1. The highest BCUT2D eigenvalue weighted by Gasteiger charge is 2.22. The van der Waals surface area contributed by atoms with Crippen molar-refractivity contribution < 1.29 is 9.59 Å². The number of anilines is 1. The molecule has 5 rings (SSSR count). The van der Waals surface area contributed by atoms with Gasteiger partial charge < -0.3 is 9.80 Å². The van der Waals surface area contributed by atoms with Crippen molar-refractivity contribution in [1.82, 2.24) is 24.1 Å². The number of amides is 1. The molecule has 0 radical (unpaired) electrons. The molecule has 3 heterocycles. The Labute approximate surface area is 215 Å². The molecule has 0 bridgehead atoms. The molecule has 190 valence electrons. The summed E-state index contributed by atoms with van der Waals surface area (Å²) >= 11 is 0. The van der Waals surface area contributed by atoms with Crippen LogP contribution in [0.3, 0.4) is 0 Å².